The van der Waals surface area contributed by atoms with Gasteiger partial charge in [0.25, 0.3) is 5.91 Å². The van der Waals surface area contributed by atoms with Crippen LogP contribution in [0.25, 0.3) is 0 Å². The third kappa shape index (κ3) is 4.24. The SMILES string of the molecule is COc1ccc(CCN2C(=O)N[C@@H](CC(=O)Nc3nc4c(s3)CCC4)C2=O)cc1. The van der Waals surface area contributed by atoms with Crippen molar-refractivity contribution < 1.29 is 19.1 Å². The zero-order valence-electron chi connectivity index (χ0n) is 16.1. The highest BCUT2D eigenvalue weighted by molar-refractivity contribution is 7.15. The fourth-order valence-electron chi connectivity index (χ4n) is 3.56. The molecule has 29 heavy (non-hydrogen) atoms. The minimum atomic E-state index is -0.842. The molecule has 1 aliphatic heterocycles. The van der Waals surface area contributed by atoms with Gasteiger partial charge in [0.15, 0.2) is 5.13 Å². The number of carbonyl (C=O) groups is 3. The largest absolute Gasteiger partial charge is 0.497 e. The van der Waals surface area contributed by atoms with Gasteiger partial charge >= 0.3 is 6.03 Å². The highest BCUT2D eigenvalue weighted by Gasteiger charge is 2.38. The second-order valence-electron chi connectivity index (χ2n) is 7.08. The number of benzene rings is 1. The van der Waals surface area contributed by atoms with Gasteiger partial charge in [-0.05, 0) is 43.4 Å². The number of hydrogen-bond acceptors (Lipinski definition) is 6. The zero-order valence-corrected chi connectivity index (χ0v) is 16.9. The predicted molar refractivity (Wildman–Crippen MR) is 108 cm³/mol. The molecular weight excluding hydrogens is 392 g/mol. The average Bonchev–Trinajstić information content (AvgIpc) is 3.35. The van der Waals surface area contributed by atoms with E-state index in [9.17, 15) is 14.4 Å². The van der Waals surface area contributed by atoms with Gasteiger partial charge in [-0.2, -0.15) is 0 Å². The maximum Gasteiger partial charge on any atom is 0.324 e. The van der Waals surface area contributed by atoms with Crippen molar-refractivity contribution in [2.75, 3.05) is 19.0 Å². The van der Waals surface area contributed by atoms with Crippen LogP contribution in [0.4, 0.5) is 9.93 Å². The summed E-state index contributed by atoms with van der Waals surface area (Å²) in [6, 6.07) is 6.16. The van der Waals surface area contributed by atoms with Crippen LogP contribution in [0.15, 0.2) is 24.3 Å². The van der Waals surface area contributed by atoms with E-state index >= 15 is 0 Å². The Balaban J connectivity index is 1.30. The van der Waals surface area contributed by atoms with E-state index in [-0.39, 0.29) is 24.8 Å². The molecule has 1 saturated heterocycles. The molecule has 0 unspecified atom stereocenters. The van der Waals surface area contributed by atoms with Crippen molar-refractivity contribution in [1.29, 1.82) is 0 Å². The van der Waals surface area contributed by atoms with Crippen LogP contribution in [0.1, 0.15) is 29.0 Å². The van der Waals surface area contributed by atoms with Gasteiger partial charge in [-0.3, -0.25) is 14.5 Å². The Morgan fingerprint density at radius 1 is 1.31 bits per heavy atom. The molecule has 152 valence electrons. The molecule has 1 aromatic carbocycles. The Morgan fingerprint density at radius 3 is 2.83 bits per heavy atom. The lowest BCUT2D eigenvalue weighted by atomic mass is 10.1. The Labute approximate surface area is 172 Å². The van der Waals surface area contributed by atoms with Crippen LogP contribution in [0.5, 0.6) is 5.75 Å². The van der Waals surface area contributed by atoms with Crippen molar-refractivity contribution in [2.45, 2.75) is 38.1 Å². The molecule has 0 radical (unpaired) electrons. The van der Waals surface area contributed by atoms with Crippen molar-refractivity contribution in [1.82, 2.24) is 15.2 Å². The molecule has 0 spiro atoms. The summed E-state index contributed by atoms with van der Waals surface area (Å²) in [5.41, 5.74) is 2.05. The van der Waals surface area contributed by atoms with E-state index in [1.165, 1.54) is 21.1 Å². The molecular formula is C20H22N4O4S. The van der Waals surface area contributed by atoms with Crippen molar-refractivity contribution in [3.8, 4) is 5.75 Å². The summed E-state index contributed by atoms with van der Waals surface area (Å²) in [7, 11) is 1.60. The number of nitrogens with zero attached hydrogens (tertiary/aromatic N) is 2. The molecule has 2 aliphatic rings. The molecule has 2 N–H and O–H groups in total. The second kappa shape index (κ2) is 8.20. The number of aryl methyl sites for hydroxylation is 2. The first-order valence-corrected chi connectivity index (χ1v) is 10.4. The first-order chi connectivity index (χ1) is 14.0. The fourth-order valence-corrected chi connectivity index (χ4v) is 4.63. The van der Waals surface area contributed by atoms with Crippen LogP contribution in [0.2, 0.25) is 0 Å². The normalized spacial score (nSPS) is 18.0. The first kappa shape index (κ1) is 19.4. The van der Waals surface area contributed by atoms with Gasteiger partial charge in [-0.25, -0.2) is 9.78 Å². The lowest BCUT2D eigenvalue weighted by Gasteiger charge is -2.13. The molecule has 1 atom stereocenters. The highest BCUT2D eigenvalue weighted by Crippen LogP contribution is 2.30. The van der Waals surface area contributed by atoms with E-state index in [4.69, 9.17) is 4.74 Å². The molecule has 1 aliphatic carbocycles. The maximum absolute atomic E-state index is 12.6. The van der Waals surface area contributed by atoms with Gasteiger partial charge in [0, 0.05) is 11.4 Å². The van der Waals surface area contributed by atoms with Crippen LogP contribution in [0, 0.1) is 0 Å². The Bertz CT molecular complexity index is 919. The Kier molecular flexibility index (Phi) is 5.48. The van der Waals surface area contributed by atoms with Gasteiger partial charge in [-0.15, -0.1) is 11.3 Å². The number of imide groups is 1. The lowest BCUT2D eigenvalue weighted by Crippen LogP contribution is -2.34. The van der Waals surface area contributed by atoms with E-state index in [1.807, 2.05) is 24.3 Å². The van der Waals surface area contributed by atoms with Crippen LogP contribution in [-0.2, 0) is 28.9 Å². The summed E-state index contributed by atoms with van der Waals surface area (Å²) < 4.78 is 5.12. The summed E-state index contributed by atoms with van der Waals surface area (Å²) >= 11 is 1.48. The molecule has 4 amide bonds. The third-order valence-electron chi connectivity index (χ3n) is 5.12. The van der Waals surface area contributed by atoms with E-state index in [0.717, 1.165) is 36.3 Å². The quantitative estimate of drug-likeness (QED) is 0.676. The molecule has 1 fully saturated rings. The zero-order chi connectivity index (χ0) is 20.4. The van der Waals surface area contributed by atoms with Crippen LogP contribution < -0.4 is 15.4 Å². The van der Waals surface area contributed by atoms with E-state index in [0.29, 0.717) is 11.6 Å². The van der Waals surface area contributed by atoms with E-state index in [1.54, 1.807) is 7.11 Å². The third-order valence-corrected chi connectivity index (χ3v) is 6.19. The molecule has 8 nitrogen and oxygen atoms in total. The van der Waals surface area contributed by atoms with Crippen LogP contribution in [0.3, 0.4) is 0 Å². The molecule has 0 bridgehead atoms. The number of urea groups is 1. The van der Waals surface area contributed by atoms with Crippen molar-refractivity contribution in [3.63, 3.8) is 0 Å². The molecule has 2 heterocycles. The summed E-state index contributed by atoms with van der Waals surface area (Å²) in [6.45, 7) is 0.258. The van der Waals surface area contributed by atoms with Crippen LogP contribution >= 0.6 is 11.3 Å². The van der Waals surface area contributed by atoms with Crippen molar-refractivity contribution >= 4 is 34.3 Å². The molecule has 0 saturated carbocycles. The minimum absolute atomic E-state index is 0.103. The smallest absolute Gasteiger partial charge is 0.324 e. The standard InChI is InChI=1S/C20H22N4O4S/c1-28-13-7-5-12(6-8-13)9-10-24-18(26)15(22-20(24)27)11-17(25)23-19-21-14-3-2-4-16(14)29-19/h5-8,15H,2-4,9-11H2,1H3,(H,22,27)(H,21,23,25)/t15-/m0/s1. The van der Waals surface area contributed by atoms with Crippen molar-refractivity contribution in [3.05, 3.63) is 40.4 Å². The number of nitrogens with one attached hydrogen (secondary N) is 2. The minimum Gasteiger partial charge on any atom is -0.497 e. The van der Waals surface area contributed by atoms with Gasteiger partial charge < -0.3 is 15.4 Å². The number of amides is 4. The van der Waals surface area contributed by atoms with Gasteiger partial charge in [0.1, 0.15) is 11.8 Å². The summed E-state index contributed by atoms with van der Waals surface area (Å²) in [5, 5.41) is 5.92. The number of fused-ring (bicyclic) bond motifs is 1. The number of aromatic nitrogens is 1. The number of thiazole rings is 1. The topological polar surface area (TPSA) is 101 Å². The summed E-state index contributed by atoms with van der Waals surface area (Å²) in [5.74, 6) is 0.0497. The molecule has 1 aromatic heterocycles. The number of rotatable bonds is 7. The van der Waals surface area contributed by atoms with E-state index in [2.05, 4.69) is 15.6 Å². The maximum atomic E-state index is 12.6. The predicted octanol–water partition coefficient (Wildman–Crippen LogP) is 2.13. The number of methoxy groups -OCH3 is 1. The average molecular weight is 414 g/mol. The lowest BCUT2D eigenvalue weighted by molar-refractivity contribution is -0.129. The second-order valence-corrected chi connectivity index (χ2v) is 8.17. The number of carbonyl (C=O) groups excluding carboxylic acids is 3. The van der Waals surface area contributed by atoms with Crippen molar-refractivity contribution in [2.24, 2.45) is 0 Å². The molecule has 2 aromatic rings. The van der Waals surface area contributed by atoms with Gasteiger partial charge in [0.2, 0.25) is 5.91 Å². The first-order valence-electron chi connectivity index (χ1n) is 9.56. The van der Waals surface area contributed by atoms with Gasteiger partial charge in [0.05, 0.1) is 19.2 Å². The number of hydrogen-bond donors (Lipinski definition) is 2. The van der Waals surface area contributed by atoms with Crippen LogP contribution in [-0.4, -0.2) is 47.4 Å². The highest BCUT2D eigenvalue weighted by atomic mass is 32.1. The number of anilines is 1. The molecule has 9 heteroatoms. The monoisotopic (exact) mass is 414 g/mol. The number of ether oxygens (including phenoxy) is 1. The molecule has 4 rings (SSSR count). The van der Waals surface area contributed by atoms with Gasteiger partial charge in [-0.1, -0.05) is 12.1 Å². The Hall–Kier alpha value is -2.94. The summed E-state index contributed by atoms with van der Waals surface area (Å²) in [4.78, 5) is 43.9. The fraction of sp³-hybridized carbons (Fsp3) is 0.400. The Morgan fingerprint density at radius 2 is 2.10 bits per heavy atom. The summed E-state index contributed by atoms with van der Waals surface area (Å²) in [6.07, 6.45) is 3.49. The van der Waals surface area contributed by atoms with E-state index < -0.39 is 12.1 Å².